The van der Waals surface area contributed by atoms with E-state index in [9.17, 15) is 14.9 Å². The molecular formula is C26H21Br3N4O4. The lowest BCUT2D eigenvalue weighted by Gasteiger charge is -2.14. The first-order valence-corrected chi connectivity index (χ1v) is 13.7. The molecule has 0 spiro atoms. The number of ether oxygens (including phenoxy) is 1. The predicted octanol–water partition coefficient (Wildman–Crippen LogP) is 7.57. The second kappa shape index (κ2) is 11.7. The molecule has 0 aliphatic rings. The zero-order valence-corrected chi connectivity index (χ0v) is 24.6. The standard InChI is InChI=1S/C26H21Br3N4O4/c1-3-15(2)25-31-23-9-6-18(27)12-20(23)26(34)32(25)30-13-17-10-21(28)24(22(29)11-17)37-14-16-4-7-19(8-5-16)33(35)36/h4-13,15H,3,14H2,1-2H3/t15-/m0/s1. The highest BCUT2D eigenvalue weighted by atomic mass is 79.9. The second-order valence-corrected chi connectivity index (χ2v) is 11.0. The smallest absolute Gasteiger partial charge is 0.282 e. The van der Waals surface area contributed by atoms with Gasteiger partial charge in [-0.05, 0) is 91.9 Å². The fourth-order valence-corrected chi connectivity index (χ4v) is 5.38. The zero-order valence-electron chi connectivity index (χ0n) is 19.8. The number of fused-ring (bicyclic) bond motifs is 1. The number of hydrogen-bond donors (Lipinski definition) is 0. The monoisotopic (exact) mass is 690 g/mol. The van der Waals surface area contributed by atoms with Crippen molar-refractivity contribution in [1.82, 2.24) is 9.66 Å². The third kappa shape index (κ3) is 6.16. The van der Waals surface area contributed by atoms with Crippen LogP contribution in [0.25, 0.3) is 10.9 Å². The van der Waals surface area contributed by atoms with Crippen LogP contribution in [0, 0.1) is 10.1 Å². The largest absolute Gasteiger partial charge is 0.487 e. The highest BCUT2D eigenvalue weighted by Crippen LogP contribution is 2.35. The number of nitro groups is 1. The summed E-state index contributed by atoms with van der Waals surface area (Å²) in [6.07, 6.45) is 2.41. The average Bonchev–Trinajstić information content (AvgIpc) is 2.87. The van der Waals surface area contributed by atoms with Crippen molar-refractivity contribution < 1.29 is 9.66 Å². The summed E-state index contributed by atoms with van der Waals surface area (Å²) in [5.74, 6) is 1.21. The van der Waals surface area contributed by atoms with Gasteiger partial charge in [-0.15, -0.1) is 0 Å². The molecular weight excluding hydrogens is 672 g/mol. The van der Waals surface area contributed by atoms with Gasteiger partial charge in [-0.2, -0.15) is 9.78 Å². The van der Waals surface area contributed by atoms with E-state index in [2.05, 4.69) is 52.9 Å². The first kappa shape index (κ1) is 27.2. The van der Waals surface area contributed by atoms with Crippen LogP contribution in [0.4, 0.5) is 5.69 Å². The highest BCUT2D eigenvalue weighted by Gasteiger charge is 2.16. The molecule has 0 amide bonds. The average molecular weight is 693 g/mol. The van der Waals surface area contributed by atoms with Crippen LogP contribution in [0.2, 0.25) is 0 Å². The molecule has 0 saturated carbocycles. The van der Waals surface area contributed by atoms with Crippen LogP contribution in [0.1, 0.15) is 43.1 Å². The minimum absolute atomic E-state index is 0.0274. The Morgan fingerprint density at radius 2 is 1.78 bits per heavy atom. The number of non-ortho nitro benzene ring substituents is 1. The summed E-state index contributed by atoms with van der Waals surface area (Å²) in [6, 6.07) is 15.3. The lowest BCUT2D eigenvalue weighted by molar-refractivity contribution is -0.384. The van der Waals surface area contributed by atoms with Crippen molar-refractivity contribution in [2.75, 3.05) is 0 Å². The van der Waals surface area contributed by atoms with Crippen molar-refractivity contribution in [3.63, 3.8) is 0 Å². The van der Waals surface area contributed by atoms with Gasteiger partial charge in [0.2, 0.25) is 0 Å². The summed E-state index contributed by atoms with van der Waals surface area (Å²) in [4.78, 5) is 28.5. The topological polar surface area (TPSA) is 99.6 Å². The summed E-state index contributed by atoms with van der Waals surface area (Å²) in [5.41, 5.74) is 1.95. The Hall–Kier alpha value is -2.89. The molecule has 1 atom stereocenters. The quantitative estimate of drug-likeness (QED) is 0.108. The van der Waals surface area contributed by atoms with Gasteiger partial charge in [-0.25, -0.2) is 4.98 Å². The third-order valence-electron chi connectivity index (χ3n) is 5.76. The summed E-state index contributed by atoms with van der Waals surface area (Å²) < 4.78 is 9.46. The Morgan fingerprint density at radius 3 is 2.41 bits per heavy atom. The number of aromatic nitrogens is 2. The fourth-order valence-electron chi connectivity index (χ4n) is 3.56. The van der Waals surface area contributed by atoms with Gasteiger partial charge < -0.3 is 4.74 Å². The van der Waals surface area contributed by atoms with Gasteiger partial charge in [0, 0.05) is 22.5 Å². The van der Waals surface area contributed by atoms with Crippen LogP contribution >= 0.6 is 47.8 Å². The van der Waals surface area contributed by atoms with Crippen LogP contribution in [-0.2, 0) is 6.61 Å². The number of benzene rings is 3. The SMILES string of the molecule is CC[C@H](C)c1nc2ccc(Br)cc2c(=O)n1N=Cc1cc(Br)c(OCc2ccc([N+](=O)[O-])cc2)c(Br)c1. The molecule has 0 bridgehead atoms. The van der Waals surface area contributed by atoms with Crippen molar-refractivity contribution in [3.05, 3.63) is 105 Å². The number of hydrogen-bond acceptors (Lipinski definition) is 6. The molecule has 0 aliphatic heterocycles. The zero-order chi connectivity index (χ0) is 26.7. The van der Waals surface area contributed by atoms with E-state index in [1.54, 1.807) is 24.4 Å². The number of halogens is 3. The molecule has 0 N–H and O–H groups in total. The van der Waals surface area contributed by atoms with Gasteiger partial charge in [-0.3, -0.25) is 14.9 Å². The molecule has 190 valence electrons. The number of nitrogens with zero attached hydrogens (tertiary/aromatic N) is 4. The Balaban J connectivity index is 1.62. The van der Waals surface area contributed by atoms with E-state index >= 15 is 0 Å². The highest BCUT2D eigenvalue weighted by molar-refractivity contribution is 9.11. The van der Waals surface area contributed by atoms with E-state index in [1.165, 1.54) is 16.8 Å². The molecule has 0 radical (unpaired) electrons. The van der Waals surface area contributed by atoms with E-state index < -0.39 is 4.92 Å². The van der Waals surface area contributed by atoms with E-state index in [1.807, 2.05) is 38.1 Å². The molecule has 0 unspecified atom stereocenters. The molecule has 1 aromatic heterocycles. The summed E-state index contributed by atoms with van der Waals surface area (Å²) in [7, 11) is 0. The second-order valence-electron chi connectivity index (χ2n) is 8.33. The molecule has 4 rings (SSSR count). The van der Waals surface area contributed by atoms with Crippen LogP contribution in [0.5, 0.6) is 5.75 Å². The van der Waals surface area contributed by atoms with Crippen LogP contribution < -0.4 is 10.3 Å². The molecule has 11 heteroatoms. The summed E-state index contributed by atoms with van der Waals surface area (Å²) in [5, 5.41) is 15.8. The first-order chi connectivity index (χ1) is 17.7. The molecule has 0 saturated heterocycles. The van der Waals surface area contributed by atoms with Crippen LogP contribution in [-0.4, -0.2) is 20.8 Å². The minimum Gasteiger partial charge on any atom is -0.487 e. The third-order valence-corrected chi connectivity index (χ3v) is 7.43. The fraction of sp³-hybridized carbons (Fsp3) is 0.192. The van der Waals surface area contributed by atoms with Gasteiger partial charge in [0.15, 0.2) is 0 Å². The summed E-state index contributed by atoms with van der Waals surface area (Å²) >= 11 is 10.5. The van der Waals surface area contributed by atoms with E-state index in [0.717, 1.165) is 22.0 Å². The molecule has 0 aliphatic carbocycles. The maximum absolute atomic E-state index is 13.3. The van der Waals surface area contributed by atoms with Crippen LogP contribution in [0.15, 0.2) is 77.9 Å². The Kier molecular flexibility index (Phi) is 8.56. The van der Waals surface area contributed by atoms with Gasteiger partial charge in [0.05, 0.1) is 31.0 Å². The summed E-state index contributed by atoms with van der Waals surface area (Å²) in [6.45, 7) is 4.29. The molecule has 37 heavy (non-hydrogen) atoms. The number of rotatable bonds is 8. The Labute approximate surface area is 237 Å². The molecule has 0 fully saturated rings. The van der Waals surface area contributed by atoms with E-state index in [0.29, 0.717) is 31.4 Å². The molecule has 4 aromatic rings. The van der Waals surface area contributed by atoms with Crippen molar-refractivity contribution in [2.45, 2.75) is 32.8 Å². The molecule has 1 heterocycles. The van der Waals surface area contributed by atoms with E-state index in [-0.39, 0.29) is 23.8 Å². The normalized spacial score (nSPS) is 12.2. The van der Waals surface area contributed by atoms with Gasteiger partial charge in [0.25, 0.3) is 11.2 Å². The predicted molar refractivity (Wildman–Crippen MR) is 155 cm³/mol. The number of nitro benzene ring substituents is 1. The lowest BCUT2D eigenvalue weighted by Crippen LogP contribution is -2.23. The van der Waals surface area contributed by atoms with Gasteiger partial charge in [0.1, 0.15) is 18.2 Å². The minimum atomic E-state index is -0.440. The van der Waals surface area contributed by atoms with Gasteiger partial charge in [-0.1, -0.05) is 29.8 Å². The van der Waals surface area contributed by atoms with Crippen molar-refractivity contribution >= 4 is 70.6 Å². The lowest BCUT2D eigenvalue weighted by atomic mass is 10.1. The van der Waals surface area contributed by atoms with Crippen LogP contribution in [0.3, 0.4) is 0 Å². The van der Waals surface area contributed by atoms with Gasteiger partial charge >= 0.3 is 0 Å². The van der Waals surface area contributed by atoms with Crippen molar-refractivity contribution in [3.8, 4) is 5.75 Å². The maximum atomic E-state index is 13.3. The van der Waals surface area contributed by atoms with Crippen molar-refractivity contribution in [1.29, 1.82) is 0 Å². The maximum Gasteiger partial charge on any atom is 0.282 e. The molecule has 3 aromatic carbocycles. The Morgan fingerprint density at radius 1 is 1.11 bits per heavy atom. The van der Waals surface area contributed by atoms with Crippen molar-refractivity contribution in [2.24, 2.45) is 5.10 Å². The first-order valence-electron chi connectivity index (χ1n) is 11.3. The molecule has 8 nitrogen and oxygen atoms in total. The Bertz CT molecular complexity index is 1550. The van der Waals surface area contributed by atoms with E-state index in [4.69, 9.17) is 9.72 Å².